The first-order valence-corrected chi connectivity index (χ1v) is 6.58. The largest absolute Gasteiger partial charge is 0.481 e. The number of carbonyl (C=O) groups is 1. The summed E-state index contributed by atoms with van der Waals surface area (Å²) >= 11 is 5.92. The van der Waals surface area contributed by atoms with E-state index in [-0.39, 0.29) is 5.92 Å². The molecule has 1 saturated heterocycles. The van der Waals surface area contributed by atoms with Crippen molar-refractivity contribution in [3.8, 4) is 11.4 Å². The Labute approximate surface area is 120 Å². The maximum atomic E-state index is 10.9. The van der Waals surface area contributed by atoms with Gasteiger partial charge >= 0.3 is 12.0 Å². The molecule has 0 spiro atoms. The third-order valence-corrected chi connectivity index (χ3v) is 3.54. The summed E-state index contributed by atoms with van der Waals surface area (Å²) in [4.78, 5) is 17.0. The first kappa shape index (κ1) is 12.9. The molecule has 6 nitrogen and oxygen atoms in total. The fourth-order valence-electron chi connectivity index (χ4n) is 2.22. The minimum absolute atomic E-state index is 0.351. The Hall–Kier alpha value is -2.08. The third kappa shape index (κ3) is 2.46. The molecule has 1 unspecified atom stereocenters. The predicted molar refractivity (Wildman–Crippen MR) is 72.7 cm³/mol. The number of rotatable bonds is 3. The molecule has 0 saturated carbocycles. The molecule has 1 aromatic heterocycles. The lowest BCUT2D eigenvalue weighted by atomic mass is 10.1. The highest BCUT2D eigenvalue weighted by Crippen LogP contribution is 2.26. The molecule has 3 rings (SSSR count). The number of carboxylic acids is 1. The zero-order chi connectivity index (χ0) is 14.1. The zero-order valence-corrected chi connectivity index (χ0v) is 11.2. The van der Waals surface area contributed by atoms with Gasteiger partial charge in [-0.15, -0.1) is 0 Å². The SMILES string of the molecule is O=C(O)C1CCN(c2nc(-c3cccc(Cl)c3)no2)C1. The molecule has 1 aromatic carbocycles. The van der Waals surface area contributed by atoms with Crippen LogP contribution in [0.1, 0.15) is 6.42 Å². The van der Waals surface area contributed by atoms with E-state index in [9.17, 15) is 4.79 Å². The molecule has 1 N–H and O–H groups in total. The van der Waals surface area contributed by atoms with Crippen LogP contribution in [0.4, 0.5) is 6.01 Å². The quantitative estimate of drug-likeness (QED) is 0.935. The van der Waals surface area contributed by atoms with E-state index in [0.717, 1.165) is 5.56 Å². The molecular weight excluding hydrogens is 282 g/mol. The van der Waals surface area contributed by atoms with Crippen LogP contribution in [-0.4, -0.2) is 34.3 Å². The van der Waals surface area contributed by atoms with Crippen molar-refractivity contribution in [3.63, 3.8) is 0 Å². The summed E-state index contributed by atoms with van der Waals surface area (Å²) in [5, 5.41) is 13.5. The Morgan fingerprint density at radius 2 is 2.35 bits per heavy atom. The predicted octanol–water partition coefficient (Wildman–Crippen LogP) is 2.30. The van der Waals surface area contributed by atoms with Crippen molar-refractivity contribution in [3.05, 3.63) is 29.3 Å². The Kier molecular flexibility index (Phi) is 3.31. The Morgan fingerprint density at radius 3 is 3.05 bits per heavy atom. The van der Waals surface area contributed by atoms with Gasteiger partial charge < -0.3 is 14.5 Å². The summed E-state index contributed by atoms with van der Waals surface area (Å²) < 4.78 is 5.20. The van der Waals surface area contributed by atoms with Gasteiger partial charge in [0.05, 0.1) is 5.92 Å². The highest BCUT2D eigenvalue weighted by Gasteiger charge is 2.30. The number of halogens is 1. The second-order valence-corrected chi connectivity index (χ2v) is 5.12. The first-order valence-electron chi connectivity index (χ1n) is 6.21. The van der Waals surface area contributed by atoms with E-state index >= 15 is 0 Å². The minimum Gasteiger partial charge on any atom is -0.481 e. The van der Waals surface area contributed by atoms with Gasteiger partial charge in [-0.1, -0.05) is 28.9 Å². The van der Waals surface area contributed by atoms with Gasteiger partial charge in [-0.3, -0.25) is 4.79 Å². The topological polar surface area (TPSA) is 79.5 Å². The molecule has 0 amide bonds. The summed E-state index contributed by atoms with van der Waals surface area (Å²) in [6.07, 6.45) is 0.588. The van der Waals surface area contributed by atoms with Gasteiger partial charge in [-0.25, -0.2) is 0 Å². The average Bonchev–Trinajstić information content (AvgIpc) is 3.08. The van der Waals surface area contributed by atoms with Crippen molar-refractivity contribution in [2.75, 3.05) is 18.0 Å². The fraction of sp³-hybridized carbons (Fsp3) is 0.308. The van der Waals surface area contributed by atoms with Crippen molar-refractivity contribution in [2.45, 2.75) is 6.42 Å². The first-order chi connectivity index (χ1) is 9.63. The molecular formula is C13H12ClN3O3. The average molecular weight is 294 g/mol. The highest BCUT2D eigenvalue weighted by molar-refractivity contribution is 6.30. The lowest BCUT2D eigenvalue weighted by molar-refractivity contribution is -0.140. The maximum Gasteiger partial charge on any atom is 0.324 e. The molecule has 0 aliphatic carbocycles. The van der Waals surface area contributed by atoms with E-state index in [4.69, 9.17) is 21.2 Å². The molecule has 1 aliphatic heterocycles. The van der Waals surface area contributed by atoms with Gasteiger partial charge in [0.2, 0.25) is 5.82 Å². The number of anilines is 1. The monoisotopic (exact) mass is 293 g/mol. The molecule has 1 fully saturated rings. The van der Waals surface area contributed by atoms with Gasteiger partial charge in [0.25, 0.3) is 0 Å². The van der Waals surface area contributed by atoms with E-state index in [1.54, 1.807) is 17.0 Å². The standard InChI is InChI=1S/C13H12ClN3O3/c14-10-3-1-2-8(6-10)11-15-13(20-16-11)17-5-4-9(7-17)12(18)19/h1-3,6,9H,4-5,7H2,(H,18,19). The number of nitrogens with zero attached hydrogens (tertiary/aromatic N) is 3. The van der Waals surface area contributed by atoms with Gasteiger partial charge in [0.15, 0.2) is 0 Å². The Balaban J connectivity index is 1.79. The second kappa shape index (κ2) is 5.13. The molecule has 2 heterocycles. The van der Waals surface area contributed by atoms with Crippen LogP contribution in [0.3, 0.4) is 0 Å². The van der Waals surface area contributed by atoms with Gasteiger partial charge in [-0.05, 0) is 18.6 Å². The molecule has 2 aromatic rings. The molecule has 20 heavy (non-hydrogen) atoms. The third-order valence-electron chi connectivity index (χ3n) is 3.31. The maximum absolute atomic E-state index is 10.9. The number of hydrogen-bond acceptors (Lipinski definition) is 5. The molecule has 0 bridgehead atoms. The summed E-state index contributed by atoms with van der Waals surface area (Å²) in [7, 11) is 0. The molecule has 104 valence electrons. The summed E-state index contributed by atoms with van der Waals surface area (Å²) in [5.41, 5.74) is 0.765. The van der Waals surface area contributed by atoms with E-state index in [1.807, 2.05) is 12.1 Å². The minimum atomic E-state index is -0.790. The van der Waals surface area contributed by atoms with Crippen LogP contribution in [0.5, 0.6) is 0 Å². The van der Waals surface area contributed by atoms with Gasteiger partial charge in [0, 0.05) is 23.7 Å². The smallest absolute Gasteiger partial charge is 0.324 e. The number of hydrogen-bond donors (Lipinski definition) is 1. The van der Waals surface area contributed by atoms with E-state index in [1.165, 1.54) is 0 Å². The molecule has 1 aliphatic rings. The normalized spacial score (nSPS) is 18.4. The zero-order valence-electron chi connectivity index (χ0n) is 10.5. The van der Waals surface area contributed by atoms with Crippen LogP contribution < -0.4 is 4.90 Å². The van der Waals surface area contributed by atoms with Crippen LogP contribution in [0.25, 0.3) is 11.4 Å². The molecule has 0 radical (unpaired) electrons. The van der Waals surface area contributed by atoms with Gasteiger partial charge in [-0.2, -0.15) is 4.98 Å². The Bertz CT molecular complexity index is 643. The van der Waals surface area contributed by atoms with E-state index < -0.39 is 5.97 Å². The number of aromatic nitrogens is 2. The van der Waals surface area contributed by atoms with Gasteiger partial charge in [0.1, 0.15) is 0 Å². The van der Waals surface area contributed by atoms with Crippen LogP contribution in [0, 0.1) is 5.92 Å². The number of aliphatic carboxylic acids is 1. The van der Waals surface area contributed by atoms with Crippen molar-refractivity contribution >= 4 is 23.6 Å². The highest BCUT2D eigenvalue weighted by atomic mass is 35.5. The summed E-state index contributed by atoms with van der Waals surface area (Å²) in [6.45, 7) is 1.00. The van der Waals surface area contributed by atoms with E-state index in [2.05, 4.69) is 10.1 Å². The van der Waals surface area contributed by atoms with E-state index in [0.29, 0.717) is 36.4 Å². The van der Waals surface area contributed by atoms with Crippen LogP contribution in [0.15, 0.2) is 28.8 Å². The summed E-state index contributed by atoms with van der Waals surface area (Å²) in [6, 6.07) is 7.52. The lowest BCUT2D eigenvalue weighted by Crippen LogP contribution is -2.22. The van der Waals surface area contributed by atoms with Crippen LogP contribution >= 0.6 is 11.6 Å². The van der Waals surface area contributed by atoms with Crippen molar-refractivity contribution in [1.82, 2.24) is 10.1 Å². The van der Waals surface area contributed by atoms with Crippen molar-refractivity contribution < 1.29 is 14.4 Å². The summed E-state index contributed by atoms with van der Waals surface area (Å²) in [5.74, 6) is -0.722. The van der Waals surface area contributed by atoms with Crippen LogP contribution in [0.2, 0.25) is 5.02 Å². The fourth-order valence-corrected chi connectivity index (χ4v) is 2.41. The molecule has 7 heteroatoms. The number of carboxylic acid groups (broad SMARTS) is 1. The number of benzene rings is 1. The van der Waals surface area contributed by atoms with Crippen LogP contribution in [-0.2, 0) is 4.79 Å². The Morgan fingerprint density at radius 1 is 1.50 bits per heavy atom. The van der Waals surface area contributed by atoms with Crippen molar-refractivity contribution in [2.24, 2.45) is 5.92 Å². The second-order valence-electron chi connectivity index (χ2n) is 4.68. The van der Waals surface area contributed by atoms with Crippen molar-refractivity contribution in [1.29, 1.82) is 0 Å². The molecule has 1 atom stereocenters. The lowest BCUT2D eigenvalue weighted by Gasteiger charge is -2.10.